The smallest absolute Gasteiger partial charge is 0.352 e. The van der Waals surface area contributed by atoms with E-state index in [4.69, 9.17) is 9.84 Å². The Bertz CT molecular complexity index is 499. The van der Waals surface area contributed by atoms with E-state index in [-0.39, 0.29) is 18.0 Å². The van der Waals surface area contributed by atoms with Crippen molar-refractivity contribution in [1.82, 2.24) is 5.01 Å². The van der Waals surface area contributed by atoms with Crippen molar-refractivity contribution in [2.75, 3.05) is 13.2 Å². The number of rotatable bonds is 6. The quantitative estimate of drug-likeness (QED) is 0.779. The van der Waals surface area contributed by atoms with Gasteiger partial charge in [-0.05, 0) is 12.1 Å². The highest BCUT2D eigenvalue weighted by Crippen LogP contribution is 2.11. The van der Waals surface area contributed by atoms with Crippen LogP contribution in [-0.2, 0) is 9.59 Å². The number of amides is 1. The fourth-order valence-electron chi connectivity index (χ4n) is 1.69. The molecule has 1 aromatic carbocycles. The van der Waals surface area contributed by atoms with E-state index < -0.39 is 5.97 Å². The van der Waals surface area contributed by atoms with Crippen LogP contribution in [0, 0.1) is 0 Å². The standard InChI is InChI=1S/C13H14N2O4/c16-12-9-11(13(17)18)14-15(12)7-4-8-19-10-5-2-1-3-6-10/h1-3,5-6H,4,7-9H2,(H,17,18). The maximum absolute atomic E-state index is 11.5. The minimum atomic E-state index is -1.14. The molecule has 6 nitrogen and oxygen atoms in total. The number of ether oxygens (including phenoxy) is 1. The van der Waals surface area contributed by atoms with Gasteiger partial charge in [0.1, 0.15) is 5.75 Å². The summed E-state index contributed by atoms with van der Waals surface area (Å²) in [5.41, 5.74) is -0.103. The van der Waals surface area contributed by atoms with E-state index in [0.717, 1.165) is 5.75 Å². The van der Waals surface area contributed by atoms with Gasteiger partial charge in [-0.3, -0.25) is 4.79 Å². The van der Waals surface area contributed by atoms with E-state index in [1.807, 2.05) is 30.3 Å². The summed E-state index contributed by atoms with van der Waals surface area (Å²) in [5, 5.41) is 13.7. The van der Waals surface area contributed by atoms with Crippen molar-refractivity contribution in [3.05, 3.63) is 30.3 Å². The molecule has 0 saturated heterocycles. The first-order valence-corrected chi connectivity index (χ1v) is 5.96. The Morgan fingerprint density at radius 1 is 1.37 bits per heavy atom. The van der Waals surface area contributed by atoms with E-state index in [1.165, 1.54) is 5.01 Å². The molecular formula is C13H14N2O4. The number of nitrogens with zero attached hydrogens (tertiary/aromatic N) is 2. The molecule has 0 aliphatic carbocycles. The van der Waals surface area contributed by atoms with Gasteiger partial charge in [-0.1, -0.05) is 18.2 Å². The molecule has 0 saturated carbocycles. The van der Waals surface area contributed by atoms with Crippen LogP contribution in [0.1, 0.15) is 12.8 Å². The third-order valence-electron chi connectivity index (χ3n) is 2.62. The van der Waals surface area contributed by atoms with Gasteiger partial charge in [-0.2, -0.15) is 5.10 Å². The van der Waals surface area contributed by atoms with Crippen LogP contribution in [-0.4, -0.2) is 40.9 Å². The van der Waals surface area contributed by atoms with Gasteiger partial charge in [0.05, 0.1) is 13.0 Å². The number of hydrogen-bond donors (Lipinski definition) is 1. The highest BCUT2D eigenvalue weighted by Gasteiger charge is 2.27. The lowest BCUT2D eigenvalue weighted by molar-refractivity contribution is -0.131. The topological polar surface area (TPSA) is 79.2 Å². The van der Waals surface area contributed by atoms with E-state index >= 15 is 0 Å². The average Bonchev–Trinajstić information content (AvgIpc) is 2.78. The maximum atomic E-state index is 11.5. The predicted molar refractivity (Wildman–Crippen MR) is 68.0 cm³/mol. The molecule has 1 amide bonds. The van der Waals surface area contributed by atoms with Crippen molar-refractivity contribution in [2.24, 2.45) is 5.10 Å². The van der Waals surface area contributed by atoms with E-state index in [9.17, 15) is 9.59 Å². The Balaban J connectivity index is 1.74. The Kier molecular flexibility index (Phi) is 4.12. The third-order valence-corrected chi connectivity index (χ3v) is 2.62. The fraction of sp³-hybridized carbons (Fsp3) is 0.308. The summed E-state index contributed by atoms with van der Waals surface area (Å²) in [5.74, 6) is -0.654. The summed E-state index contributed by atoms with van der Waals surface area (Å²) in [4.78, 5) is 22.1. The van der Waals surface area contributed by atoms with E-state index in [1.54, 1.807) is 0 Å². The van der Waals surface area contributed by atoms with Crippen LogP contribution < -0.4 is 4.74 Å². The normalized spacial score (nSPS) is 14.4. The van der Waals surface area contributed by atoms with Gasteiger partial charge < -0.3 is 9.84 Å². The molecule has 1 aliphatic rings. The number of aliphatic carboxylic acids is 1. The molecule has 19 heavy (non-hydrogen) atoms. The van der Waals surface area contributed by atoms with Gasteiger partial charge in [0.25, 0.3) is 0 Å². The minimum absolute atomic E-state index is 0.103. The lowest BCUT2D eigenvalue weighted by atomic mass is 10.3. The number of benzene rings is 1. The molecule has 0 aromatic heterocycles. The largest absolute Gasteiger partial charge is 0.494 e. The second kappa shape index (κ2) is 5.99. The maximum Gasteiger partial charge on any atom is 0.352 e. The molecular weight excluding hydrogens is 248 g/mol. The predicted octanol–water partition coefficient (Wildman–Crippen LogP) is 1.13. The number of hydrazone groups is 1. The molecule has 100 valence electrons. The van der Waals surface area contributed by atoms with Crippen molar-refractivity contribution >= 4 is 17.6 Å². The first kappa shape index (κ1) is 13.1. The highest BCUT2D eigenvalue weighted by atomic mass is 16.5. The first-order valence-electron chi connectivity index (χ1n) is 5.96. The highest BCUT2D eigenvalue weighted by molar-refractivity contribution is 6.40. The Morgan fingerprint density at radius 3 is 2.74 bits per heavy atom. The minimum Gasteiger partial charge on any atom is -0.494 e. The summed E-state index contributed by atoms with van der Waals surface area (Å²) in [6, 6.07) is 9.35. The van der Waals surface area contributed by atoms with E-state index in [2.05, 4.69) is 5.10 Å². The Labute approximate surface area is 110 Å². The SMILES string of the molecule is O=C(O)C1=NN(CCCOc2ccccc2)C(=O)C1. The van der Waals surface area contributed by atoms with Crippen LogP contribution in [0.2, 0.25) is 0 Å². The van der Waals surface area contributed by atoms with Crippen LogP contribution in [0.3, 0.4) is 0 Å². The van der Waals surface area contributed by atoms with Gasteiger partial charge in [-0.25, -0.2) is 9.80 Å². The zero-order valence-corrected chi connectivity index (χ0v) is 10.3. The fourth-order valence-corrected chi connectivity index (χ4v) is 1.69. The number of hydrogen-bond acceptors (Lipinski definition) is 4. The van der Waals surface area contributed by atoms with Gasteiger partial charge in [0.15, 0.2) is 5.71 Å². The van der Waals surface area contributed by atoms with Gasteiger partial charge in [0.2, 0.25) is 5.91 Å². The van der Waals surface area contributed by atoms with Crippen molar-refractivity contribution < 1.29 is 19.4 Å². The zero-order valence-electron chi connectivity index (χ0n) is 10.3. The number of para-hydroxylation sites is 1. The molecule has 1 aromatic rings. The molecule has 0 spiro atoms. The lowest BCUT2D eigenvalue weighted by Gasteiger charge is -2.11. The number of carboxylic acids is 1. The monoisotopic (exact) mass is 262 g/mol. The number of carbonyl (C=O) groups is 2. The zero-order chi connectivity index (χ0) is 13.7. The van der Waals surface area contributed by atoms with Crippen molar-refractivity contribution in [3.8, 4) is 5.75 Å². The van der Waals surface area contributed by atoms with Crippen LogP contribution in [0.5, 0.6) is 5.75 Å². The van der Waals surface area contributed by atoms with Gasteiger partial charge in [-0.15, -0.1) is 0 Å². The molecule has 1 heterocycles. The van der Waals surface area contributed by atoms with Crippen LogP contribution in [0.25, 0.3) is 0 Å². The Hall–Kier alpha value is -2.37. The van der Waals surface area contributed by atoms with E-state index in [0.29, 0.717) is 19.6 Å². The van der Waals surface area contributed by atoms with Crippen LogP contribution >= 0.6 is 0 Å². The summed E-state index contributed by atoms with van der Waals surface area (Å²) < 4.78 is 5.47. The summed E-state index contributed by atoms with van der Waals surface area (Å²) in [6.45, 7) is 0.814. The summed E-state index contributed by atoms with van der Waals surface area (Å²) >= 11 is 0. The molecule has 0 unspecified atom stereocenters. The summed E-state index contributed by atoms with van der Waals surface area (Å²) in [7, 11) is 0. The lowest BCUT2D eigenvalue weighted by Crippen LogP contribution is -2.23. The van der Waals surface area contributed by atoms with Crippen molar-refractivity contribution in [3.63, 3.8) is 0 Å². The van der Waals surface area contributed by atoms with Crippen LogP contribution in [0.15, 0.2) is 35.4 Å². The first-order chi connectivity index (χ1) is 9.16. The second-order valence-corrected chi connectivity index (χ2v) is 4.06. The third kappa shape index (κ3) is 3.54. The van der Waals surface area contributed by atoms with Crippen molar-refractivity contribution in [1.29, 1.82) is 0 Å². The van der Waals surface area contributed by atoms with Gasteiger partial charge >= 0.3 is 5.97 Å². The molecule has 1 N–H and O–H groups in total. The number of carbonyl (C=O) groups excluding carboxylic acids is 1. The second-order valence-electron chi connectivity index (χ2n) is 4.06. The van der Waals surface area contributed by atoms with Crippen molar-refractivity contribution in [2.45, 2.75) is 12.8 Å². The molecule has 0 bridgehead atoms. The van der Waals surface area contributed by atoms with Gasteiger partial charge in [0, 0.05) is 13.0 Å². The molecule has 1 aliphatic heterocycles. The molecule has 0 fully saturated rings. The molecule has 0 radical (unpaired) electrons. The molecule has 0 atom stereocenters. The molecule has 6 heteroatoms. The average molecular weight is 262 g/mol. The Morgan fingerprint density at radius 2 is 2.11 bits per heavy atom. The number of carboxylic acid groups (broad SMARTS) is 1. The van der Waals surface area contributed by atoms with Crippen LogP contribution in [0.4, 0.5) is 0 Å². The summed E-state index contributed by atoms with van der Waals surface area (Å²) in [6.07, 6.45) is 0.464. The molecule has 2 rings (SSSR count).